The maximum absolute atomic E-state index is 6.17. The van der Waals surface area contributed by atoms with Crippen LogP contribution in [0.25, 0.3) is 0 Å². The number of nitrogens with two attached hydrogens (primary N) is 1. The summed E-state index contributed by atoms with van der Waals surface area (Å²) in [7, 11) is 1.76. The molecule has 1 fully saturated rings. The molecule has 17 heavy (non-hydrogen) atoms. The van der Waals surface area contributed by atoms with Gasteiger partial charge in [-0.2, -0.15) is 0 Å². The molecule has 1 saturated heterocycles. The second-order valence-corrected chi connectivity index (χ2v) is 4.90. The molecule has 1 aromatic rings. The zero-order valence-electron chi connectivity index (χ0n) is 10.2. The molecule has 0 saturated carbocycles. The fourth-order valence-electron chi connectivity index (χ4n) is 2.47. The van der Waals surface area contributed by atoms with Crippen LogP contribution in [0.5, 0.6) is 0 Å². The van der Waals surface area contributed by atoms with Gasteiger partial charge in [-0.3, -0.25) is 0 Å². The summed E-state index contributed by atoms with van der Waals surface area (Å²) in [5, 5.41) is 0.764. The summed E-state index contributed by atoms with van der Waals surface area (Å²) in [5.41, 5.74) is 8.00. The number of benzene rings is 1. The van der Waals surface area contributed by atoms with Crippen molar-refractivity contribution in [2.45, 2.75) is 13.0 Å². The van der Waals surface area contributed by atoms with Crippen molar-refractivity contribution in [3.05, 3.63) is 28.8 Å². The Morgan fingerprint density at radius 1 is 1.53 bits per heavy atom. The van der Waals surface area contributed by atoms with Gasteiger partial charge in [-0.05, 0) is 18.6 Å². The number of methoxy groups -OCH3 is 1. The highest BCUT2D eigenvalue weighted by atomic mass is 35.5. The third kappa shape index (κ3) is 2.73. The molecule has 1 heterocycles. The number of anilines is 1. The third-order valence-corrected chi connectivity index (χ3v) is 3.68. The molecule has 1 aliphatic rings. The molecule has 0 radical (unpaired) electrons. The minimum atomic E-state index is 0.487. The van der Waals surface area contributed by atoms with Gasteiger partial charge in [-0.15, -0.1) is 0 Å². The van der Waals surface area contributed by atoms with E-state index < -0.39 is 0 Å². The highest BCUT2D eigenvalue weighted by molar-refractivity contribution is 6.31. The normalized spacial score (nSPS) is 19.9. The summed E-state index contributed by atoms with van der Waals surface area (Å²) in [4.78, 5) is 2.36. The van der Waals surface area contributed by atoms with Crippen LogP contribution >= 0.6 is 11.6 Å². The summed E-state index contributed by atoms with van der Waals surface area (Å²) in [6.45, 7) is 3.40. The Morgan fingerprint density at radius 3 is 3.06 bits per heavy atom. The number of rotatable bonds is 4. The van der Waals surface area contributed by atoms with Crippen LogP contribution in [0.2, 0.25) is 5.02 Å². The molecule has 1 unspecified atom stereocenters. The maximum Gasteiger partial charge on any atom is 0.0508 e. The van der Waals surface area contributed by atoms with E-state index >= 15 is 0 Å². The van der Waals surface area contributed by atoms with Gasteiger partial charge in [-0.1, -0.05) is 17.7 Å². The van der Waals surface area contributed by atoms with Gasteiger partial charge in [0.2, 0.25) is 0 Å². The molecule has 0 amide bonds. The van der Waals surface area contributed by atoms with Crippen LogP contribution in [0.4, 0.5) is 5.69 Å². The number of nitrogens with zero attached hydrogens (tertiary/aromatic N) is 1. The Hall–Kier alpha value is -0.770. The molecule has 2 rings (SSSR count). The Bertz CT molecular complexity index is 384. The minimum Gasteiger partial charge on any atom is -0.384 e. The number of ether oxygens (including phenoxy) is 1. The molecule has 3 nitrogen and oxygen atoms in total. The van der Waals surface area contributed by atoms with Gasteiger partial charge in [0.1, 0.15) is 0 Å². The van der Waals surface area contributed by atoms with Gasteiger partial charge >= 0.3 is 0 Å². The van der Waals surface area contributed by atoms with E-state index in [0.29, 0.717) is 12.5 Å². The molecule has 2 N–H and O–H groups in total. The van der Waals surface area contributed by atoms with E-state index in [4.69, 9.17) is 22.1 Å². The largest absolute Gasteiger partial charge is 0.384 e. The van der Waals surface area contributed by atoms with Gasteiger partial charge in [-0.25, -0.2) is 0 Å². The molecular formula is C13H19ClN2O. The number of halogens is 1. The molecule has 1 atom stereocenters. The van der Waals surface area contributed by atoms with Crippen molar-refractivity contribution >= 4 is 17.3 Å². The zero-order valence-corrected chi connectivity index (χ0v) is 10.9. The Labute approximate surface area is 107 Å². The molecule has 94 valence electrons. The Morgan fingerprint density at radius 2 is 2.35 bits per heavy atom. The van der Waals surface area contributed by atoms with Crippen molar-refractivity contribution < 1.29 is 4.74 Å². The van der Waals surface area contributed by atoms with Crippen molar-refractivity contribution in [3.8, 4) is 0 Å². The summed E-state index contributed by atoms with van der Waals surface area (Å²) in [6.07, 6.45) is 1.17. The Balaban J connectivity index is 2.15. The van der Waals surface area contributed by atoms with Gasteiger partial charge in [0.05, 0.1) is 6.61 Å². The summed E-state index contributed by atoms with van der Waals surface area (Å²) in [5.74, 6) is 0.615. The van der Waals surface area contributed by atoms with Gasteiger partial charge in [0.25, 0.3) is 0 Å². The number of hydrogen-bond acceptors (Lipinski definition) is 3. The molecular weight excluding hydrogens is 236 g/mol. The smallest absolute Gasteiger partial charge is 0.0508 e. The van der Waals surface area contributed by atoms with E-state index in [1.165, 1.54) is 12.1 Å². The minimum absolute atomic E-state index is 0.487. The third-order valence-electron chi connectivity index (χ3n) is 3.33. The first-order valence-electron chi connectivity index (χ1n) is 5.97. The van der Waals surface area contributed by atoms with Gasteiger partial charge in [0.15, 0.2) is 0 Å². The average molecular weight is 255 g/mol. The van der Waals surface area contributed by atoms with Crippen LogP contribution in [-0.2, 0) is 11.3 Å². The first-order valence-corrected chi connectivity index (χ1v) is 6.35. The van der Waals surface area contributed by atoms with E-state index in [1.54, 1.807) is 7.11 Å². The number of hydrogen-bond donors (Lipinski definition) is 1. The standard InChI is InChI=1S/C13H19ClN2O/c1-17-9-10-5-6-16(8-10)13-4-2-3-12(14)11(13)7-15/h2-4,10H,5-9,15H2,1H3. The second-order valence-electron chi connectivity index (χ2n) is 4.50. The van der Waals surface area contributed by atoms with E-state index in [0.717, 1.165) is 30.3 Å². The fourth-order valence-corrected chi connectivity index (χ4v) is 2.72. The SMILES string of the molecule is COCC1CCN(c2cccc(Cl)c2CN)C1. The van der Waals surface area contributed by atoms with Crippen LogP contribution in [0.1, 0.15) is 12.0 Å². The van der Waals surface area contributed by atoms with Crippen LogP contribution < -0.4 is 10.6 Å². The topological polar surface area (TPSA) is 38.5 Å². The summed E-state index contributed by atoms with van der Waals surface area (Å²) < 4.78 is 5.21. The lowest BCUT2D eigenvalue weighted by Crippen LogP contribution is -2.23. The monoisotopic (exact) mass is 254 g/mol. The predicted octanol–water partition coefficient (Wildman–Crippen LogP) is 2.27. The lowest BCUT2D eigenvalue weighted by atomic mass is 10.1. The predicted molar refractivity (Wildman–Crippen MR) is 71.5 cm³/mol. The molecule has 0 aromatic heterocycles. The molecule has 0 aliphatic carbocycles. The second kappa shape index (κ2) is 5.71. The van der Waals surface area contributed by atoms with Crippen molar-refractivity contribution in [3.63, 3.8) is 0 Å². The van der Waals surface area contributed by atoms with Crippen molar-refractivity contribution in [2.24, 2.45) is 11.7 Å². The molecule has 0 spiro atoms. The zero-order chi connectivity index (χ0) is 12.3. The maximum atomic E-state index is 6.17. The molecule has 1 aliphatic heterocycles. The van der Waals surface area contributed by atoms with Crippen LogP contribution in [0, 0.1) is 5.92 Å². The lowest BCUT2D eigenvalue weighted by Gasteiger charge is -2.22. The van der Waals surface area contributed by atoms with Gasteiger partial charge in [0, 0.05) is 48.9 Å². The molecule has 0 bridgehead atoms. The quantitative estimate of drug-likeness (QED) is 0.896. The Kier molecular flexibility index (Phi) is 4.26. The van der Waals surface area contributed by atoms with E-state index in [9.17, 15) is 0 Å². The van der Waals surface area contributed by atoms with Crippen molar-refractivity contribution in [1.82, 2.24) is 0 Å². The highest BCUT2D eigenvalue weighted by Crippen LogP contribution is 2.31. The van der Waals surface area contributed by atoms with Crippen LogP contribution in [-0.4, -0.2) is 26.8 Å². The van der Waals surface area contributed by atoms with Gasteiger partial charge < -0.3 is 15.4 Å². The molecule has 1 aromatic carbocycles. The lowest BCUT2D eigenvalue weighted by molar-refractivity contribution is 0.161. The van der Waals surface area contributed by atoms with E-state index in [2.05, 4.69) is 11.0 Å². The fraction of sp³-hybridized carbons (Fsp3) is 0.538. The van der Waals surface area contributed by atoms with Crippen LogP contribution in [0.15, 0.2) is 18.2 Å². The summed E-state index contributed by atoms with van der Waals surface area (Å²) >= 11 is 6.17. The molecule has 4 heteroatoms. The highest BCUT2D eigenvalue weighted by Gasteiger charge is 2.24. The van der Waals surface area contributed by atoms with Crippen molar-refractivity contribution in [1.29, 1.82) is 0 Å². The van der Waals surface area contributed by atoms with E-state index in [1.807, 2.05) is 12.1 Å². The van der Waals surface area contributed by atoms with E-state index in [-0.39, 0.29) is 0 Å². The first kappa shape index (κ1) is 12.7. The summed E-state index contributed by atoms with van der Waals surface area (Å²) in [6, 6.07) is 5.99. The average Bonchev–Trinajstić information content (AvgIpc) is 2.78. The van der Waals surface area contributed by atoms with Crippen molar-refractivity contribution in [2.75, 3.05) is 31.7 Å². The van der Waals surface area contributed by atoms with Crippen LogP contribution in [0.3, 0.4) is 0 Å². The first-order chi connectivity index (χ1) is 8.26.